The fraction of sp³-hybridized carbons (Fsp3) is 0.923. The fourth-order valence-corrected chi connectivity index (χ4v) is 2.15. The molecule has 5 nitrogen and oxygen atoms in total. The highest BCUT2D eigenvalue weighted by molar-refractivity contribution is 5.75. The molecule has 18 heavy (non-hydrogen) atoms. The zero-order valence-corrected chi connectivity index (χ0v) is 12.2. The summed E-state index contributed by atoms with van der Waals surface area (Å²) in [6.07, 6.45) is 0. The molecule has 0 N–H and O–H groups in total. The van der Waals surface area contributed by atoms with Crippen LogP contribution in [0.3, 0.4) is 0 Å². The lowest BCUT2D eigenvalue weighted by atomic mass is 10.1. The molecule has 0 unspecified atom stereocenters. The van der Waals surface area contributed by atoms with Crippen molar-refractivity contribution in [2.24, 2.45) is 0 Å². The first-order chi connectivity index (χ1) is 8.35. The van der Waals surface area contributed by atoms with Gasteiger partial charge in [0.05, 0.1) is 19.3 Å². The number of nitrogens with zero attached hydrogens (tertiary/aromatic N) is 2. The molecule has 0 bridgehead atoms. The number of carbonyl (C=O) groups excluding carboxylic acids is 1. The first-order valence-corrected chi connectivity index (χ1v) is 6.50. The normalized spacial score (nSPS) is 21.9. The average molecular weight is 258 g/mol. The summed E-state index contributed by atoms with van der Waals surface area (Å²) in [5, 5.41) is 0. The van der Waals surface area contributed by atoms with Crippen LogP contribution >= 0.6 is 0 Å². The first-order valence-electron chi connectivity index (χ1n) is 6.50. The highest BCUT2D eigenvalue weighted by Gasteiger charge is 2.27. The van der Waals surface area contributed by atoms with E-state index >= 15 is 0 Å². The Morgan fingerprint density at radius 1 is 1.56 bits per heavy atom. The van der Waals surface area contributed by atoms with Crippen molar-refractivity contribution in [3.8, 4) is 0 Å². The van der Waals surface area contributed by atoms with Crippen molar-refractivity contribution in [1.29, 1.82) is 0 Å². The van der Waals surface area contributed by atoms with E-state index in [1.807, 2.05) is 18.9 Å². The zero-order valence-electron chi connectivity index (χ0n) is 12.2. The number of hydrogen-bond acceptors (Lipinski definition) is 5. The molecular formula is C13H26N2O3. The van der Waals surface area contributed by atoms with Gasteiger partial charge in [-0.3, -0.25) is 14.6 Å². The van der Waals surface area contributed by atoms with Gasteiger partial charge in [-0.05, 0) is 27.8 Å². The molecule has 0 aromatic heterocycles. The summed E-state index contributed by atoms with van der Waals surface area (Å²) in [4.78, 5) is 15.8. The zero-order chi connectivity index (χ0) is 13.8. The number of rotatable bonds is 5. The van der Waals surface area contributed by atoms with Crippen molar-refractivity contribution in [2.75, 3.05) is 46.9 Å². The van der Waals surface area contributed by atoms with Crippen LogP contribution in [0.5, 0.6) is 0 Å². The van der Waals surface area contributed by atoms with Gasteiger partial charge in [0, 0.05) is 26.2 Å². The van der Waals surface area contributed by atoms with Crippen LogP contribution in [0.1, 0.15) is 20.8 Å². The molecule has 1 fully saturated rings. The Hall–Kier alpha value is -0.650. The molecule has 0 aliphatic carbocycles. The maximum atomic E-state index is 11.4. The van der Waals surface area contributed by atoms with Crippen LogP contribution in [-0.4, -0.2) is 74.4 Å². The summed E-state index contributed by atoms with van der Waals surface area (Å²) in [7, 11) is 3.38. The monoisotopic (exact) mass is 258 g/mol. The minimum absolute atomic E-state index is 0.0647. The SMILES string of the molecule is COC(=O)[C@@H](C)N(C)CCN1CCOC(C)(C)C1. The Bertz CT molecular complexity index is 281. The first kappa shape index (κ1) is 15.4. The van der Waals surface area contributed by atoms with Gasteiger partial charge in [-0.2, -0.15) is 0 Å². The Kier molecular flexibility index (Phi) is 5.56. The highest BCUT2D eigenvalue weighted by Crippen LogP contribution is 2.16. The topological polar surface area (TPSA) is 42.0 Å². The van der Waals surface area contributed by atoms with Crippen LogP contribution < -0.4 is 0 Å². The number of methoxy groups -OCH3 is 1. The Labute approximate surface area is 110 Å². The van der Waals surface area contributed by atoms with E-state index in [-0.39, 0.29) is 17.6 Å². The second-order valence-corrected chi connectivity index (χ2v) is 5.56. The lowest BCUT2D eigenvalue weighted by molar-refractivity contribution is -0.146. The molecule has 0 amide bonds. The van der Waals surface area contributed by atoms with Gasteiger partial charge in [0.25, 0.3) is 0 Å². The molecule has 0 aromatic carbocycles. The smallest absolute Gasteiger partial charge is 0.322 e. The summed E-state index contributed by atoms with van der Waals surface area (Å²) >= 11 is 0. The molecule has 106 valence electrons. The molecule has 0 aromatic rings. The fourth-order valence-electron chi connectivity index (χ4n) is 2.15. The lowest BCUT2D eigenvalue weighted by Crippen LogP contribution is -2.50. The molecular weight excluding hydrogens is 232 g/mol. The Morgan fingerprint density at radius 3 is 2.78 bits per heavy atom. The highest BCUT2D eigenvalue weighted by atomic mass is 16.5. The Balaban J connectivity index is 2.34. The van der Waals surface area contributed by atoms with Crippen molar-refractivity contribution < 1.29 is 14.3 Å². The second-order valence-electron chi connectivity index (χ2n) is 5.56. The van der Waals surface area contributed by atoms with Crippen LogP contribution in [0.2, 0.25) is 0 Å². The summed E-state index contributed by atoms with van der Waals surface area (Å²) in [5.41, 5.74) is -0.0647. The summed E-state index contributed by atoms with van der Waals surface area (Å²) in [6.45, 7) is 10.6. The van der Waals surface area contributed by atoms with E-state index in [4.69, 9.17) is 9.47 Å². The van der Waals surface area contributed by atoms with Crippen molar-refractivity contribution in [3.63, 3.8) is 0 Å². The number of morpholine rings is 1. The third kappa shape index (κ3) is 4.55. The number of carbonyl (C=O) groups is 1. The Morgan fingerprint density at radius 2 is 2.22 bits per heavy atom. The van der Waals surface area contributed by atoms with Gasteiger partial charge < -0.3 is 9.47 Å². The quantitative estimate of drug-likeness (QED) is 0.675. The van der Waals surface area contributed by atoms with Crippen molar-refractivity contribution in [2.45, 2.75) is 32.4 Å². The molecule has 0 radical (unpaired) electrons. The van der Waals surface area contributed by atoms with Crippen molar-refractivity contribution >= 4 is 5.97 Å². The summed E-state index contributed by atoms with van der Waals surface area (Å²) in [6, 6.07) is -0.191. The van der Waals surface area contributed by atoms with Gasteiger partial charge in [-0.25, -0.2) is 0 Å². The number of likely N-dealkylation sites (N-methyl/N-ethyl adjacent to an activating group) is 1. The number of ether oxygens (including phenoxy) is 2. The van der Waals surface area contributed by atoms with E-state index in [1.165, 1.54) is 7.11 Å². The van der Waals surface area contributed by atoms with Crippen LogP contribution in [0, 0.1) is 0 Å². The van der Waals surface area contributed by atoms with E-state index < -0.39 is 0 Å². The maximum Gasteiger partial charge on any atom is 0.322 e. The van der Waals surface area contributed by atoms with E-state index in [9.17, 15) is 4.79 Å². The second kappa shape index (κ2) is 6.50. The minimum Gasteiger partial charge on any atom is -0.468 e. The predicted octanol–water partition coefficient (Wildman–Crippen LogP) is 0.591. The van der Waals surface area contributed by atoms with Gasteiger partial charge in [-0.1, -0.05) is 0 Å². The van der Waals surface area contributed by atoms with E-state index in [1.54, 1.807) is 0 Å². The number of hydrogen-bond donors (Lipinski definition) is 0. The van der Waals surface area contributed by atoms with Crippen LogP contribution in [0.15, 0.2) is 0 Å². The third-order valence-electron chi connectivity index (χ3n) is 3.48. The number of esters is 1. The molecule has 1 rings (SSSR count). The maximum absolute atomic E-state index is 11.4. The van der Waals surface area contributed by atoms with Crippen LogP contribution in [0.4, 0.5) is 0 Å². The minimum atomic E-state index is -0.191. The van der Waals surface area contributed by atoms with Gasteiger partial charge in [-0.15, -0.1) is 0 Å². The molecule has 1 atom stereocenters. The van der Waals surface area contributed by atoms with E-state index in [0.29, 0.717) is 0 Å². The van der Waals surface area contributed by atoms with E-state index in [2.05, 4.69) is 18.7 Å². The third-order valence-corrected chi connectivity index (χ3v) is 3.48. The predicted molar refractivity (Wildman–Crippen MR) is 70.6 cm³/mol. The molecule has 1 aliphatic rings. The lowest BCUT2D eigenvalue weighted by Gasteiger charge is -2.39. The van der Waals surface area contributed by atoms with Gasteiger partial charge >= 0.3 is 5.97 Å². The van der Waals surface area contributed by atoms with Gasteiger partial charge in [0.1, 0.15) is 6.04 Å². The molecule has 1 aliphatic heterocycles. The molecule has 1 heterocycles. The summed E-state index contributed by atoms with van der Waals surface area (Å²) < 4.78 is 10.4. The van der Waals surface area contributed by atoms with Crippen LogP contribution in [-0.2, 0) is 14.3 Å². The van der Waals surface area contributed by atoms with Crippen molar-refractivity contribution in [3.05, 3.63) is 0 Å². The molecule has 5 heteroatoms. The molecule has 0 saturated carbocycles. The van der Waals surface area contributed by atoms with Gasteiger partial charge in [0.15, 0.2) is 0 Å². The standard InChI is InChI=1S/C13H26N2O3/c1-11(12(16)17-5)14(4)6-7-15-8-9-18-13(2,3)10-15/h11H,6-10H2,1-5H3/t11-/m1/s1. The molecule has 0 spiro atoms. The molecule has 1 saturated heterocycles. The van der Waals surface area contributed by atoms with Crippen LogP contribution in [0.25, 0.3) is 0 Å². The average Bonchev–Trinajstić information content (AvgIpc) is 2.32. The largest absolute Gasteiger partial charge is 0.468 e. The summed E-state index contributed by atoms with van der Waals surface area (Å²) in [5.74, 6) is -0.181. The van der Waals surface area contributed by atoms with Gasteiger partial charge in [0.2, 0.25) is 0 Å². The van der Waals surface area contributed by atoms with Crippen molar-refractivity contribution in [1.82, 2.24) is 9.80 Å². The van der Waals surface area contributed by atoms with E-state index in [0.717, 1.165) is 32.8 Å².